The van der Waals surface area contributed by atoms with Gasteiger partial charge in [0.05, 0.1) is 47.3 Å². The molecular formula is C38H46N4O9. The maximum Gasteiger partial charge on any atom is 0.242 e. The number of rotatable bonds is 12. The van der Waals surface area contributed by atoms with Crippen molar-refractivity contribution in [3.05, 3.63) is 68.9 Å². The molecule has 0 spiro atoms. The summed E-state index contributed by atoms with van der Waals surface area (Å²) in [5.41, 5.74) is 4.95. The van der Waals surface area contributed by atoms with Crippen LogP contribution in [0.3, 0.4) is 0 Å². The Morgan fingerprint density at radius 3 is 2.14 bits per heavy atom. The Labute approximate surface area is 297 Å². The summed E-state index contributed by atoms with van der Waals surface area (Å²) < 4.78 is 28.0. The topological polar surface area (TPSA) is 154 Å². The van der Waals surface area contributed by atoms with Crippen molar-refractivity contribution in [2.24, 2.45) is 0 Å². The predicted octanol–water partition coefficient (Wildman–Crippen LogP) is 3.77. The fraction of sp³-hybridized carbons (Fsp3) is 0.421. The normalized spacial score (nSPS) is 15.9. The number of carbonyl (C=O) groups is 3. The van der Waals surface area contributed by atoms with Crippen LogP contribution in [-0.2, 0) is 33.8 Å². The van der Waals surface area contributed by atoms with Gasteiger partial charge >= 0.3 is 0 Å². The fourth-order valence-corrected chi connectivity index (χ4v) is 7.04. The van der Waals surface area contributed by atoms with Crippen molar-refractivity contribution in [1.29, 1.82) is 0 Å². The van der Waals surface area contributed by atoms with Gasteiger partial charge in [-0.25, -0.2) is 0 Å². The molecule has 0 bridgehead atoms. The molecule has 0 radical (unpaired) electrons. The van der Waals surface area contributed by atoms with Crippen LogP contribution in [0.2, 0.25) is 0 Å². The Morgan fingerprint density at radius 1 is 0.843 bits per heavy atom. The van der Waals surface area contributed by atoms with E-state index in [2.05, 4.69) is 16.0 Å². The van der Waals surface area contributed by atoms with Crippen LogP contribution < -0.4 is 45.1 Å². The molecule has 0 saturated heterocycles. The van der Waals surface area contributed by atoms with Crippen LogP contribution in [0.4, 0.5) is 5.69 Å². The summed E-state index contributed by atoms with van der Waals surface area (Å²) in [5, 5.41) is 8.91. The Hall–Kier alpha value is -5.46. The molecule has 3 amide bonds. The van der Waals surface area contributed by atoms with Crippen LogP contribution in [0.25, 0.3) is 11.1 Å². The third-order valence-corrected chi connectivity index (χ3v) is 9.50. The molecule has 13 heteroatoms. The van der Waals surface area contributed by atoms with E-state index in [1.165, 1.54) is 14.0 Å². The molecule has 272 valence electrons. The summed E-state index contributed by atoms with van der Waals surface area (Å²) in [6.07, 6.45) is 2.05. The lowest BCUT2D eigenvalue weighted by Crippen LogP contribution is -2.52. The lowest BCUT2D eigenvalue weighted by atomic mass is 9.92. The highest BCUT2D eigenvalue weighted by Crippen LogP contribution is 2.50. The van der Waals surface area contributed by atoms with Crippen molar-refractivity contribution < 1.29 is 38.1 Å². The molecule has 1 aliphatic heterocycles. The number of nitrogens with zero attached hydrogens (tertiary/aromatic N) is 1. The minimum Gasteiger partial charge on any atom is -0.493 e. The van der Waals surface area contributed by atoms with Crippen LogP contribution in [0.15, 0.2) is 41.2 Å². The third-order valence-electron chi connectivity index (χ3n) is 9.50. The number of benzene rings is 2. The summed E-state index contributed by atoms with van der Waals surface area (Å²) >= 11 is 0. The van der Waals surface area contributed by atoms with Gasteiger partial charge in [-0.1, -0.05) is 6.07 Å². The molecule has 2 aliphatic rings. The lowest BCUT2D eigenvalue weighted by Gasteiger charge is -2.36. The molecule has 1 aliphatic carbocycles. The van der Waals surface area contributed by atoms with Crippen molar-refractivity contribution in [2.45, 2.75) is 57.7 Å². The van der Waals surface area contributed by atoms with E-state index in [0.717, 1.165) is 27.8 Å². The summed E-state index contributed by atoms with van der Waals surface area (Å²) in [4.78, 5) is 54.0. The van der Waals surface area contributed by atoms with Crippen LogP contribution >= 0.6 is 0 Å². The molecule has 3 N–H and O–H groups in total. The second-order valence-electron chi connectivity index (χ2n) is 12.5. The van der Waals surface area contributed by atoms with Gasteiger partial charge in [-0.05, 0) is 77.4 Å². The zero-order valence-corrected chi connectivity index (χ0v) is 30.2. The van der Waals surface area contributed by atoms with Gasteiger partial charge in [-0.3, -0.25) is 19.2 Å². The molecule has 3 aromatic rings. The summed E-state index contributed by atoms with van der Waals surface area (Å²) in [5.74, 6) is 1.89. The standard InChI is InChI=1S/C38H46N4O9/c1-21(43)41-27-12-10-22-16-33(49-5)36(50-6)37(51-7)35(22)25-11-13-28(30(44)19-26(25)27)40-14-8-9-34(45)42-20-24-18-32(48-4)31(47-3)17-23(24)15-29(42)38(46)39-2/h11,13,16-19,27,29H,8-10,12,14-15,20H2,1-7H3,(H,39,46)(H,40,44)(H,41,43)/t27-,29-/m0/s1. The van der Waals surface area contributed by atoms with Crippen molar-refractivity contribution in [2.75, 3.05) is 54.5 Å². The quantitative estimate of drug-likeness (QED) is 0.238. The SMILES string of the molecule is CNC(=O)[C@@H]1Cc2cc(OC)c(OC)cc2CN1C(=O)CCCNc1ccc2c(cc1=O)[C@@H](NC(C)=O)CCc1cc(OC)c(OC)c(OC)c1-2. The van der Waals surface area contributed by atoms with E-state index in [4.69, 9.17) is 23.7 Å². The minimum absolute atomic E-state index is 0.156. The summed E-state index contributed by atoms with van der Waals surface area (Å²) in [6.45, 7) is 2.03. The first kappa shape index (κ1) is 36.8. The second kappa shape index (κ2) is 16.0. The molecule has 0 aromatic heterocycles. The van der Waals surface area contributed by atoms with E-state index in [-0.39, 0.29) is 36.1 Å². The highest BCUT2D eigenvalue weighted by molar-refractivity contribution is 5.88. The number of carbonyl (C=O) groups excluding carboxylic acids is 3. The lowest BCUT2D eigenvalue weighted by molar-refractivity contribution is -0.141. The van der Waals surface area contributed by atoms with E-state index in [1.807, 2.05) is 24.3 Å². The Balaban J connectivity index is 1.39. The van der Waals surface area contributed by atoms with Crippen molar-refractivity contribution in [3.63, 3.8) is 0 Å². The second-order valence-corrected chi connectivity index (χ2v) is 12.5. The molecule has 13 nitrogen and oxygen atoms in total. The van der Waals surface area contributed by atoms with Crippen LogP contribution in [-0.4, -0.2) is 77.8 Å². The number of anilines is 1. The van der Waals surface area contributed by atoms with Gasteiger partial charge in [0, 0.05) is 45.5 Å². The Kier molecular flexibility index (Phi) is 11.6. The van der Waals surface area contributed by atoms with Gasteiger partial charge in [0.1, 0.15) is 6.04 Å². The molecule has 51 heavy (non-hydrogen) atoms. The fourth-order valence-electron chi connectivity index (χ4n) is 7.04. The average Bonchev–Trinajstić information content (AvgIpc) is 3.38. The molecule has 5 rings (SSSR count). The molecule has 1 heterocycles. The van der Waals surface area contributed by atoms with Gasteiger partial charge in [-0.15, -0.1) is 0 Å². The smallest absolute Gasteiger partial charge is 0.242 e. The summed E-state index contributed by atoms with van der Waals surface area (Å²) in [6, 6.07) is 9.62. The van der Waals surface area contributed by atoms with Gasteiger partial charge < -0.3 is 44.5 Å². The Bertz CT molecular complexity index is 1880. The average molecular weight is 703 g/mol. The Morgan fingerprint density at radius 2 is 1.51 bits per heavy atom. The van der Waals surface area contributed by atoms with Crippen molar-refractivity contribution in [1.82, 2.24) is 15.5 Å². The van der Waals surface area contributed by atoms with Crippen LogP contribution in [0, 0.1) is 0 Å². The first-order valence-electron chi connectivity index (χ1n) is 16.8. The number of ether oxygens (including phenoxy) is 5. The largest absolute Gasteiger partial charge is 0.493 e. The number of hydrogen-bond acceptors (Lipinski definition) is 10. The van der Waals surface area contributed by atoms with Gasteiger partial charge in [0.15, 0.2) is 23.0 Å². The minimum atomic E-state index is -0.673. The number of methoxy groups -OCH3 is 5. The van der Waals surface area contributed by atoms with E-state index in [1.54, 1.807) is 52.5 Å². The maximum atomic E-state index is 13.7. The molecule has 0 fully saturated rings. The molecule has 0 unspecified atom stereocenters. The molecule has 3 aromatic carbocycles. The van der Waals surface area contributed by atoms with E-state index in [9.17, 15) is 19.2 Å². The van der Waals surface area contributed by atoms with Crippen LogP contribution in [0.5, 0.6) is 28.7 Å². The maximum absolute atomic E-state index is 13.7. The first-order chi connectivity index (χ1) is 24.6. The van der Waals surface area contributed by atoms with Crippen molar-refractivity contribution in [3.8, 4) is 39.9 Å². The number of nitrogens with one attached hydrogen (secondary N) is 3. The number of amides is 3. The summed E-state index contributed by atoms with van der Waals surface area (Å²) in [7, 11) is 9.32. The number of likely N-dealkylation sites (N-methyl/N-ethyl adjacent to an activating group) is 1. The zero-order valence-electron chi connectivity index (χ0n) is 30.2. The monoisotopic (exact) mass is 702 g/mol. The van der Waals surface area contributed by atoms with E-state index in [0.29, 0.717) is 72.2 Å². The predicted molar refractivity (Wildman–Crippen MR) is 192 cm³/mol. The highest BCUT2D eigenvalue weighted by Gasteiger charge is 2.35. The molecular weight excluding hydrogens is 656 g/mol. The number of fused-ring (bicyclic) bond motifs is 4. The van der Waals surface area contributed by atoms with Gasteiger partial charge in [0.25, 0.3) is 0 Å². The van der Waals surface area contributed by atoms with Gasteiger partial charge in [-0.2, -0.15) is 0 Å². The zero-order chi connectivity index (χ0) is 36.8. The highest BCUT2D eigenvalue weighted by atomic mass is 16.5. The molecule has 2 atom stereocenters. The number of hydrogen-bond donors (Lipinski definition) is 3. The van der Waals surface area contributed by atoms with E-state index >= 15 is 0 Å². The van der Waals surface area contributed by atoms with Crippen LogP contribution in [0.1, 0.15) is 54.5 Å². The van der Waals surface area contributed by atoms with Gasteiger partial charge in [0.2, 0.25) is 28.9 Å². The first-order valence-corrected chi connectivity index (χ1v) is 16.8. The molecule has 0 saturated carbocycles. The van der Waals surface area contributed by atoms with E-state index < -0.39 is 12.1 Å². The van der Waals surface area contributed by atoms with Crippen molar-refractivity contribution >= 4 is 23.4 Å². The third kappa shape index (κ3) is 7.52. The number of aryl methyl sites for hydroxylation is 1.